The molecule has 0 fully saturated rings. The second-order valence-electron chi connectivity index (χ2n) is 11.8. The number of hydrogen-bond donors (Lipinski definition) is 0. The summed E-state index contributed by atoms with van der Waals surface area (Å²) in [5.74, 6) is 0. The molecule has 6 aromatic carbocycles. The highest BCUT2D eigenvalue weighted by Crippen LogP contribution is 2.40. The average Bonchev–Trinajstić information content (AvgIpc) is 3.69. The van der Waals surface area contributed by atoms with Crippen molar-refractivity contribution >= 4 is 71.3 Å². The Kier molecular flexibility index (Phi) is 5.12. The molecule has 0 atom stereocenters. The summed E-state index contributed by atoms with van der Waals surface area (Å²) in [6.45, 7) is 0. The van der Waals surface area contributed by atoms with Crippen molar-refractivity contribution in [3.63, 3.8) is 0 Å². The number of hydrogen-bond acceptors (Lipinski definition) is 5. The number of pyridine rings is 1. The number of fused-ring (bicyclic) bond motifs is 10. The zero-order chi connectivity index (χ0) is 31.2. The van der Waals surface area contributed by atoms with Crippen LogP contribution in [0.2, 0.25) is 0 Å². The Morgan fingerprint density at radius 2 is 1.19 bits per heavy atom. The van der Waals surface area contributed by atoms with Gasteiger partial charge in [0, 0.05) is 26.9 Å². The molecule has 0 saturated carbocycles. The van der Waals surface area contributed by atoms with Crippen molar-refractivity contribution in [1.82, 2.24) is 9.38 Å². The Hall–Kier alpha value is -6.71. The summed E-state index contributed by atoms with van der Waals surface area (Å²) in [6.07, 6.45) is 0. The fourth-order valence-electron chi connectivity index (χ4n) is 7.20. The van der Waals surface area contributed by atoms with Crippen LogP contribution >= 0.6 is 0 Å². The quantitative estimate of drug-likeness (QED) is 0.145. The van der Waals surface area contributed by atoms with Crippen molar-refractivity contribution in [2.75, 3.05) is 0 Å². The third-order valence-corrected chi connectivity index (χ3v) is 9.25. The number of benzene rings is 6. The molecule has 47 heavy (non-hydrogen) atoms. The van der Waals surface area contributed by atoms with Gasteiger partial charge >= 0.3 is 0 Å². The van der Waals surface area contributed by atoms with Gasteiger partial charge in [-0.25, -0.2) is 4.98 Å². The Balaban J connectivity index is 1.27. The van der Waals surface area contributed by atoms with Gasteiger partial charge in [0.15, 0.2) is 5.65 Å². The van der Waals surface area contributed by atoms with E-state index in [1.54, 1.807) is 4.40 Å². The van der Waals surface area contributed by atoms with Crippen molar-refractivity contribution in [2.45, 2.75) is 0 Å². The molecule has 0 bridgehead atoms. The van der Waals surface area contributed by atoms with Gasteiger partial charge in [-0.05, 0) is 70.8 Å². The summed E-state index contributed by atoms with van der Waals surface area (Å²) in [6, 6.07) is 43.7. The fraction of sp³-hybridized carbons (Fsp3) is 0. The van der Waals surface area contributed by atoms with Crippen molar-refractivity contribution < 1.29 is 8.83 Å². The van der Waals surface area contributed by atoms with E-state index in [0.717, 1.165) is 71.5 Å². The number of aromatic nitrogens is 2. The molecule has 0 saturated heterocycles. The first-order valence-corrected chi connectivity index (χ1v) is 15.3. The predicted octanol–water partition coefficient (Wildman–Crippen LogP) is 10.0. The van der Waals surface area contributed by atoms with E-state index in [1.165, 1.54) is 0 Å². The van der Waals surface area contributed by atoms with Crippen LogP contribution in [-0.4, -0.2) is 9.38 Å². The number of nitrogens with zero attached hydrogens (tertiary/aromatic N) is 3. The maximum atomic E-state index is 14.6. The monoisotopic (exact) mass is 603 g/mol. The van der Waals surface area contributed by atoms with Gasteiger partial charge in [0.2, 0.25) is 0 Å². The van der Waals surface area contributed by atoms with Gasteiger partial charge in [0.25, 0.3) is 5.56 Å². The molecule has 0 aliphatic rings. The number of para-hydroxylation sites is 2. The molecule has 6 heteroatoms. The highest BCUT2D eigenvalue weighted by atomic mass is 16.3. The minimum Gasteiger partial charge on any atom is -0.456 e. The first-order valence-electron chi connectivity index (χ1n) is 15.3. The Morgan fingerprint density at radius 1 is 0.574 bits per heavy atom. The summed E-state index contributed by atoms with van der Waals surface area (Å²) in [4.78, 5) is 19.4. The van der Waals surface area contributed by atoms with Gasteiger partial charge in [-0.1, -0.05) is 78.9 Å². The zero-order valence-corrected chi connectivity index (χ0v) is 24.7. The van der Waals surface area contributed by atoms with E-state index < -0.39 is 0 Å². The van der Waals surface area contributed by atoms with Crippen LogP contribution in [0.5, 0.6) is 0 Å². The van der Waals surface area contributed by atoms with E-state index in [9.17, 15) is 10.1 Å². The van der Waals surface area contributed by atoms with Crippen LogP contribution in [0.1, 0.15) is 5.56 Å². The van der Waals surface area contributed by atoms with Gasteiger partial charge in [-0.15, -0.1) is 0 Å². The molecule has 0 N–H and O–H groups in total. The molecule has 0 spiro atoms. The SMILES string of the molecule is N#Cc1cc2c(-c3cccc4oc5ccccc5c34)cccc2n2c(=O)c3cc(-c4cccc5oc6ccccc6c45)ccc3nc12. The van der Waals surface area contributed by atoms with Crippen molar-refractivity contribution in [3.05, 3.63) is 143 Å². The van der Waals surface area contributed by atoms with Gasteiger partial charge in [-0.3, -0.25) is 9.20 Å². The Labute approximate surface area is 265 Å². The van der Waals surface area contributed by atoms with E-state index in [-0.39, 0.29) is 5.56 Å². The molecule has 218 valence electrons. The number of furan rings is 2. The van der Waals surface area contributed by atoms with Crippen LogP contribution in [0, 0.1) is 11.3 Å². The van der Waals surface area contributed by atoms with E-state index >= 15 is 0 Å². The number of rotatable bonds is 2. The smallest absolute Gasteiger partial charge is 0.266 e. The molecular formula is C41H21N3O3. The lowest BCUT2D eigenvalue weighted by atomic mass is 9.95. The molecule has 10 rings (SSSR count). The molecule has 0 aliphatic carbocycles. The topological polar surface area (TPSA) is 84.4 Å². The Bertz CT molecular complexity index is 3070. The van der Waals surface area contributed by atoms with Gasteiger partial charge in [-0.2, -0.15) is 5.26 Å². The van der Waals surface area contributed by atoms with Gasteiger partial charge < -0.3 is 8.83 Å². The molecular weight excluding hydrogens is 582 g/mol. The molecule has 6 nitrogen and oxygen atoms in total. The van der Waals surface area contributed by atoms with Gasteiger partial charge in [0.05, 0.1) is 22.0 Å². The lowest BCUT2D eigenvalue weighted by Crippen LogP contribution is -2.17. The minimum absolute atomic E-state index is 0.234. The van der Waals surface area contributed by atoms with Crippen molar-refractivity contribution in [3.8, 4) is 28.3 Å². The minimum atomic E-state index is -0.234. The van der Waals surface area contributed by atoms with Crippen LogP contribution in [0.25, 0.3) is 93.6 Å². The molecule has 0 aliphatic heterocycles. The molecule has 0 amide bonds. The highest BCUT2D eigenvalue weighted by molar-refractivity contribution is 6.16. The van der Waals surface area contributed by atoms with Crippen LogP contribution in [0.15, 0.2) is 141 Å². The Morgan fingerprint density at radius 3 is 1.91 bits per heavy atom. The molecule has 0 radical (unpaired) electrons. The van der Waals surface area contributed by atoms with Crippen LogP contribution in [0.4, 0.5) is 0 Å². The summed E-state index contributed by atoms with van der Waals surface area (Å²) < 4.78 is 13.9. The van der Waals surface area contributed by atoms with E-state index in [2.05, 4.69) is 24.3 Å². The first kappa shape index (κ1) is 25.6. The zero-order valence-electron chi connectivity index (χ0n) is 24.7. The predicted molar refractivity (Wildman–Crippen MR) is 187 cm³/mol. The second-order valence-corrected chi connectivity index (χ2v) is 11.8. The lowest BCUT2D eigenvalue weighted by Gasteiger charge is -2.14. The second kappa shape index (κ2) is 9.40. The molecule has 10 aromatic rings. The van der Waals surface area contributed by atoms with E-state index in [1.807, 2.05) is 109 Å². The summed E-state index contributed by atoms with van der Waals surface area (Å²) in [7, 11) is 0. The lowest BCUT2D eigenvalue weighted by molar-refractivity contribution is 0.668. The first-order chi connectivity index (χ1) is 23.2. The average molecular weight is 604 g/mol. The number of nitriles is 1. The third kappa shape index (κ3) is 3.54. The summed E-state index contributed by atoms with van der Waals surface area (Å²) in [5, 5.41) is 15.6. The van der Waals surface area contributed by atoms with E-state index in [4.69, 9.17) is 13.8 Å². The normalized spacial score (nSPS) is 11.9. The van der Waals surface area contributed by atoms with Gasteiger partial charge in [0.1, 0.15) is 28.4 Å². The van der Waals surface area contributed by atoms with Crippen LogP contribution in [0.3, 0.4) is 0 Å². The molecule has 4 heterocycles. The molecule has 0 unspecified atom stereocenters. The van der Waals surface area contributed by atoms with Crippen LogP contribution in [-0.2, 0) is 0 Å². The van der Waals surface area contributed by atoms with Crippen LogP contribution < -0.4 is 5.56 Å². The summed E-state index contributed by atoms with van der Waals surface area (Å²) >= 11 is 0. The standard InChI is InChI=1S/C41H21N3O3/c42-22-24-21-30-26(27-12-7-17-37-39(27)29-9-2-4-15-35(29)47-37)11-5-13-33(30)44-40(24)43-32-19-18-23(20-31(32)41(44)45)25-10-6-16-36-38(25)28-8-1-3-14-34(28)46-36/h1-21H. The highest BCUT2D eigenvalue weighted by Gasteiger charge is 2.19. The van der Waals surface area contributed by atoms with Crippen molar-refractivity contribution in [2.24, 2.45) is 0 Å². The maximum Gasteiger partial charge on any atom is 0.266 e. The van der Waals surface area contributed by atoms with E-state index in [0.29, 0.717) is 27.6 Å². The summed E-state index contributed by atoms with van der Waals surface area (Å²) in [5.41, 5.74) is 8.53. The fourth-order valence-corrected chi connectivity index (χ4v) is 7.20. The largest absolute Gasteiger partial charge is 0.456 e. The maximum absolute atomic E-state index is 14.6. The third-order valence-electron chi connectivity index (χ3n) is 9.25. The molecule has 4 aromatic heterocycles. The van der Waals surface area contributed by atoms with Crippen molar-refractivity contribution in [1.29, 1.82) is 5.26 Å².